The van der Waals surface area contributed by atoms with Gasteiger partial charge in [0.05, 0.1) is 0 Å². The van der Waals surface area contributed by atoms with E-state index in [0.29, 0.717) is 0 Å². The van der Waals surface area contributed by atoms with Crippen molar-refractivity contribution in [1.29, 1.82) is 0 Å². The predicted molar refractivity (Wildman–Crippen MR) is 88.8 cm³/mol. The fraction of sp³-hybridized carbons (Fsp3) is 0.647. The lowest BCUT2D eigenvalue weighted by molar-refractivity contribution is 0.886. The third kappa shape index (κ3) is 540. The Morgan fingerprint density at radius 3 is 0.882 bits per heavy atom. The monoisotopic (exact) mass is 242 g/mol. The van der Waals surface area contributed by atoms with Gasteiger partial charge in [0.2, 0.25) is 0 Å². The largest absolute Gasteiger partial charge is 0.0991 e. The molecule has 0 heterocycles. The third-order valence-corrected chi connectivity index (χ3v) is 1.00. The molecule has 0 amide bonds. The zero-order valence-corrected chi connectivity index (χ0v) is 13.8. The van der Waals surface area contributed by atoms with Gasteiger partial charge in [0.25, 0.3) is 0 Å². The summed E-state index contributed by atoms with van der Waals surface area (Å²) in [5.41, 5.74) is 0. The molecule has 0 saturated carbocycles. The maximum Gasteiger partial charge on any atom is -0.0470 e. The lowest BCUT2D eigenvalue weighted by Gasteiger charge is -1.68. The molecule has 0 aliphatic carbocycles. The fourth-order valence-electron chi connectivity index (χ4n) is 0. The SMILES string of the molecule is C/C=C/C.C=CC=C.CC.CCC.CCCC. The molecule has 0 aliphatic heterocycles. The van der Waals surface area contributed by atoms with Crippen LogP contribution in [-0.2, 0) is 0 Å². The van der Waals surface area contributed by atoms with Gasteiger partial charge in [-0.05, 0) is 13.8 Å². The van der Waals surface area contributed by atoms with Crippen LogP contribution in [-0.4, -0.2) is 0 Å². The standard InChI is InChI=1S/C4H10.C4H8.C4H6.C3H8.C2H6/c3*1-3-4-2;1-3-2;1-2/h3-4H2,1-2H3;3-4H,1-2H3;3-4H,1-2H2;3H2,1-2H3;1-2H3/b;4-3+;;;. The summed E-state index contributed by atoms with van der Waals surface area (Å²) in [6.07, 6.45) is 11.2. The number of hydrogen-bond acceptors (Lipinski definition) is 0. The van der Waals surface area contributed by atoms with Crippen LogP contribution in [0.4, 0.5) is 0 Å². The molecule has 0 aliphatic rings. The lowest BCUT2D eigenvalue weighted by atomic mass is 10.4. The van der Waals surface area contributed by atoms with Crippen molar-refractivity contribution in [3.63, 3.8) is 0 Å². The summed E-state index contributed by atoms with van der Waals surface area (Å²) in [6, 6.07) is 0. The van der Waals surface area contributed by atoms with Crippen LogP contribution in [0, 0.1) is 0 Å². The van der Waals surface area contributed by atoms with E-state index in [1.54, 1.807) is 12.2 Å². The van der Waals surface area contributed by atoms with E-state index in [9.17, 15) is 0 Å². The van der Waals surface area contributed by atoms with E-state index in [0.717, 1.165) is 0 Å². The molecular weight excluding hydrogens is 204 g/mol. The predicted octanol–water partition coefficient (Wildman–Crippen LogP) is 7.19. The molecule has 0 aromatic carbocycles. The topological polar surface area (TPSA) is 0 Å². The zero-order valence-electron chi connectivity index (χ0n) is 13.8. The van der Waals surface area contributed by atoms with Gasteiger partial charge in [-0.2, -0.15) is 0 Å². The summed E-state index contributed by atoms with van der Waals surface area (Å²) >= 11 is 0. The molecule has 0 unspecified atom stereocenters. The highest BCUT2D eigenvalue weighted by molar-refractivity contribution is 4.88. The molecule has 0 N–H and O–H groups in total. The normalized spacial score (nSPS) is 6.59. The molecule has 0 fully saturated rings. The van der Waals surface area contributed by atoms with E-state index < -0.39 is 0 Å². The number of unbranched alkanes of at least 4 members (excludes halogenated alkanes) is 1. The smallest absolute Gasteiger partial charge is 0.0470 e. The Kier molecular flexibility index (Phi) is 140. The second-order valence-electron chi connectivity index (χ2n) is 2.85. The molecule has 0 aromatic rings. The van der Waals surface area contributed by atoms with Crippen LogP contribution in [0.25, 0.3) is 0 Å². The molecule has 0 spiro atoms. The first kappa shape index (κ1) is 29.8. The van der Waals surface area contributed by atoms with E-state index >= 15 is 0 Å². The molecule has 0 aromatic heterocycles. The van der Waals surface area contributed by atoms with Gasteiger partial charge in [0.15, 0.2) is 0 Å². The van der Waals surface area contributed by atoms with Crippen LogP contribution in [0.5, 0.6) is 0 Å². The minimum atomic E-state index is 1.25. The number of hydrogen-bond donors (Lipinski definition) is 0. The van der Waals surface area contributed by atoms with Gasteiger partial charge in [0, 0.05) is 0 Å². The second kappa shape index (κ2) is 79.5. The number of allylic oxidation sites excluding steroid dienone is 4. The average molecular weight is 242 g/mol. The second-order valence-corrected chi connectivity index (χ2v) is 2.85. The summed E-state index contributed by atoms with van der Waals surface area (Å²) in [5, 5.41) is 0. The minimum absolute atomic E-state index is 1.25. The Bertz CT molecular complexity index is 86.6. The molecule has 0 rings (SSSR count). The maximum atomic E-state index is 3.36. The summed E-state index contributed by atoms with van der Waals surface area (Å²) in [6.45, 7) is 23.3. The first-order valence-electron chi connectivity index (χ1n) is 6.97. The fourth-order valence-corrected chi connectivity index (χ4v) is 0. The van der Waals surface area contributed by atoms with E-state index in [1.165, 1.54) is 19.3 Å². The van der Waals surface area contributed by atoms with Crippen LogP contribution in [0.3, 0.4) is 0 Å². The van der Waals surface area contributed by atoms with Crippen LogP contribution >= 0.6 is 0 Å². The molecule has 0 heteroatoms. The Hall–Kier alpha value is -0.780. The van der Waals surface area contributed by atoms with Crippen molar-refractivity contribution in [1.82, 2.24) is 0 Å². The average Bonchev–Trinajstić information content (AvgIpc) is 2.42. The van der Waals surface area contributed by atoms with Gasteiger partial charge in [-0.25, -0.2) is 0 Å². The number of rotatable bonds is 2. The van der Waals surface area contributed by atoms with Crippen molar-refractivity contribution < 1.29 is 0 Å². The summed E-state index contributed by atoms with van der Waals surface area (Å²) in [5.74, 6) is 0. The van der Waals surface area contributed by atoms with Crippen molar-refractivity contribution in [3.05, 3.63) is 37.5 Å². The van der Waals surface area contributed by atoms with E-state index in [-0.39, 0.29) is 0 Å². The van der Waals surface area contributed by atoms with Gasteiger partial charge in [-0.1, -0.05) is 98.3 Å². The van der Waals surface area contributed by atoms with Crippen LogP contribution in [0.1, 0.15) is 74.7 Å². The summed E-state index contributed by atoms with van der Waals surface area (Å²) in [7, 11) is 0. The van der Waals surface area contributed by atoms with Crippen molar-refractivity contribution in [2.45, 2.75) is 74.7 Å². The molecule has 0 bridgehead atoms. The van der Waals surface area contributed by atoms with Crippen molar-refractivity contribution in [2.24, 2.45) is 0 Å². The Balaban J connectivity index is -0.0000000361. The Labute approximate surface area is 113 Å². The van der Waals surface area contributed by atoms with Crippen LogP contribution in [0.2, 0.25) is 0 Å². The lowest BCUT2D eigenvalue weighted by Crippen LogP contribution is -1.47. The Morgan fingerprint density at radius 1 is 0.706 bits per heavy atom. The molecule has 0 atom stereocenters. The van der Waals surface area contributed by atoms with Crippen LogP contribution in [0.15, 0.2) is 37.5 Å². The zero-order chi connectivity index (χ0) is 14.9. The van der Waals surface area contributed by atoms with E-state index in [2.05, 4.69) is 40.9 Å². The van der Waals surface area contributed by atoms with Gasteiger partial charge in [-0.15, -0.1) is 0 Å². The van der Waals surface area contributed by atoms with Gasteiger partial charge < -0.3 is 0 Å². The molecule has 17 heavy (non-hydrogen) atoms. The molecule has 0 nitrogen and oxygen atoms in total. The van der Waals surface area contributed by atoms with E-state index in [4.69, 9.17) is 0 Å². The maximum absolute atomic E-state index is 3.36. The third-order valence-electron chi connectivity index (χ3n) is 1.00. The van der Waals surface area contributed by atoms with Crippen LogP contribution < -0.4 is 0 Å². The van der Waals surface area contributed by atoms with Gasteiger partial charge >= 0.3 is 0 Å². The van der Waals surface area contributed by atoms with Gasteiger partial charge in [-0.3, -0.25) is 0 Å². The first-order valence-corrected chi connectivity index (χ1v) is 6.97. The molecule has 0 saturated heterocycles. The van der Waals surface area contributed by atoms with Gasteiger partial charge in [0.1, 0.15) is 0 Å². The molecule has 106 valence electrons. The summed E-state index contributed by atoms with van der Waals surface area (Å²) < 4.78 is 0. The van der Waals surface area contributed by atoms with E-state index in [1.807, 2.05) is 39.8 Å². The minimum Gasteiger partial charge on any atom is -0.0991 e. The molecular formula is C17H38. The highest BCUT2D eigenvalue weighted by Crippen LogP contribution is 1.76. The summed E-state index contributed by atoms with van der Waals surface area (Å²) in [4.78, 5) is 0. The Morgan fingerprint density at radius 2 is 0.882 bits per heavy atom. The van der Waals surface area contributed by atoms with Crippen molar-refractivity contribution >= 4 is 0 Å². The quantitative estimate of drug-likeness (QED) is 0.355. The van der Waals surface area contributed by atoms with Crippen molar-refractivity contribution in [3.8, 4) is 0 Å². The molecule has 0 radical (unpaired) electrons. The highest BCUT2D eigenvalue weighted by atomic mass is 13.6. The van der Waals surface area contributed by atoms with Crippen molar-refractivity contribution in [2.75, 3.05) is 0 Å². The highest BCUT2D eigenvalue weighted by Gasteiger charge is 1.56. The first-order chi connectivity index (χ1) is 8.16.